The number of aliphatic imine (C=N–C) groups is 1. The highest BCUT2D eigenvalue weighted by Gasteiger charge is 2.33. The second-order valence-electron chi connectivity index (χ2n) is 5.59. The molecule has 24 heavy (non-hydrogen) atoms. The number of nitro groups is 1. The van der Waals surface area contributed by atoms with Crippen molar-refractivity contribution in [2.45, 2.75) is 24.5 Å². The normalized spacial score (nSPS) is 20.2. The van der Waals surface area contributed by atoms with Crippen molar-refractivity contribution in [2.75, 3.05) is 18.4 Å². The van der Waals surface area contributed by atoms with Crippen LogP contribution in [0.3, 0.4) is 0 Å². The number of benzene rings is 1. The third kappa shape index (κ3) is 3.73. The van der Waals surface area contributed by atoms with Crippen molar-refractivity contribution in [1.29, 1.82) is 0 Å². The van der Waals surface area contributed by atoms with E-state index in [-0.39, 0.29) is 23.9 Å². The molecule has 3 rings (SSSR count). The lowest BCUT2D eigenvalue weighted by molar-refractivity contribution is -0.384. The molecular formula is C15H16N4O4S. The van der Waals surface area contributed by atoms with E-state index in [1.807, 2.05) is 0 Å². The first-order valence-corrected chi connectivity index (χ1v) is 8.49. The summed E-state index contributed by atoms with van der Waals surface area (Å²) >= 11 is 1.32. The molecule has 2 aliphatic heterocycles. The zero-order valence-corrected chi connectivity index (χ0v) is 13.6. The van der Waals surface area contributed by atoms with Crippen LogP contribution in [0.2, 0.25) is 0 Å². The fourth-order valence-electron chi connectivity index (χ4n) is 2.63. The van der Waals surface area contributed by atoms with E-state index in [9.17, 15) is 19.7 Å². The maximum absolute atomic E-state index is 12.1. The molecule has 1 saturated heterocycles. The molecule has 1 atom stereocenters. The Morgan fingerprint density at radius 2 is 2.17 bits per heavy atom. The smallest absolute Gasteiger partial charge is 0.271 e. The number of hydrogen-bond acceptors (Lipinski definition) is 6. The molecule has 0 radical (unpaired) electrons. The third-order valence-corrected chi connectivity index (χ3v) is 5.03. The molecule has 8 nitrogen and oxygen atoms in total. The zero-order chi connectivity index (χ0) is 17.1. The van der Waals surface area contributed by atoms with Gasteiger partial charge in [0, 0.05) is 37.3 Å². The summed E-state index contributed by atoms with van der Waals surface area (Å²) in [5.41, 5.74) is 0.240. The number of nitrogens with zero attached hydrogens (tertiary/aromatic N) is 3. The van der Waals surface area contributed by atoms with E-state index in [2.05, 4.69) is 15.2 Å². The first-order valence-electron chi connectivity index (χ1n) is 7.61. The van der Waals surface area contributed by atoms with Crippen LogP contribution in [0.1, 0.15) is 19.3 Å². The average molecular weight is 348 g/mol. The van der Waals surface area contributed by atoms with Crippen LogP contribution in [0.25, 0.3) is 0 Å². The number of amidine groups is 1. The molecule has 2 amide bonds. The monoisotopic (exact) mass is 348 g/mol. The van der Waals surface area contributed by atoms with Gasteiger partial charge < -0.3 is 10.2 Å². The number of rotatable bonds is 4. The predicted octanol–water partition coefficient (Wildman–Crippen LogP) is 2.02. The third-order valence-electron chi connectivity index (χ3n) is 3.82. The standard InChI is InChI=1S/C15H16N4O4S/c20-13(16-10-4-3-5-11(8-10)19(22)23)9-12-14(21)17-15(24-12)18-6-1-2-7-18/h3-5,8,12H,1-2,6-7,9H2,(H,16,20)/t12-/m0/s1. The fraction of sp³-hybridized carbons (Fsp3) is 0.400. The van der Waals surface area contributed by atoms with E-state index in [0.29, 0.717) is 10.9 Å². The number of nitrogens with one attached hydrogen (secondary N) is 1. The van der Waals surface area contributed by atoms with Gasteiger partial charge in [0.05, 0.1) is 4.92 Å². The Labute approximate surface area is 142 Å². The van der Waals surface area contributed by atoms with Crippen LogP contribution in [0, 0.1) is 10.1 Å². The lowest BCUT2D eigenvalue weighted by atomic mass is 10.2. The molecule has 2 heterocycles. The van der Waals surface area contributed by atoms with Gasteiger partial charge in [-0.05, 0) is 18.9 Å². The minimum absolute atomic E-state index is 0.00691. The first-order chi connectivity index (χ1) is 11.5. The SMILES string of the molecule is O=C(C[C@@H]1SC(N2CCCC2)=NC1=O)Nc1cccc([N+](=O)[O-])c1. The number of hydrogen-bond donors (Lipinski definition) is 1. The minimum Gasteiger partial charge on any atom is -0.351 e. The molecule has 1 aromatic carbocycles. The van der Waals surface area contributed by atoms with Crippen molar-refractivity contribution in [2.24, 2.45) is 4.99 Å². The second-order valence-corrected chi connectivity index (χ2v) is 6.76. The lowest BCUT2D eigenvalue weighted by Crippen LogP contribution is -2.25. The van der Waals surface area contributed by atoms with E-state index in [0.717, 1.165) is 25.9 Å². The lowest BCUT2D eigenvalue weighted by Gasteiger charge is -2.16. The molecule has 2 aliphatic rings. The van der Waals surface area contributed by atoms with Gasteiger partial charge in [0.1, 0.15) is 5.25 Å². The Morgan fingerprint density at radius 3 is 2.88 bits per heavy atom. The summed E-state index contributed by atoms with van der Waals surface area (Å²) in [6.07, 6.45) is 2.17. The predicted molar refractivity (Wildman–Crippen MR) is 91.0 cm³/mol. The van der Waals surface area contributed by atoms with Gasteiger partial charge in [-0.25, -0.2) is 0 Å². The summed E-state index contributed by atoms with van der Waals surface area (Å²) in [7, 11) is 0. The molecule has 126 valence electrons. The van der Waals surface area contributed by atoms with Gasteiger partial charge in [0.25, 0.3) is 11.6 Å². The van der Waals surface area contributed by atoms with E-state index in [1.165, 1.54) is 30.0 Å². The Balaban J connectivity index is 1.57. The van der Waals surface area contributed by atoms with Gasteiger partial charge in [0.15, 0.2) is 5.17 Å². The molecule has 0 aromatic heterocycles. The van der Waals surface area contributed by atoms with Crippen molar-refractivity contribution in [1.82, 2.24) is 4.90 Å². The van der Waals surface area contributed by atoms with Gasteiger partial charge >= 0.3 is 0 Å². The topological polar surface area (TPSA) is 105 Å². The van der Waals surface area contributed by atoms with E-state index < -0.39 is 10.2 Å². The van der Waals surface area contributed by atoms with Crippen molar-refractivity contribution in [3.8, 4) is 0 Å². The van der Waals surface area contributed by atoms with Crippen LogP contribution in [-0.2, 0) is 9.59 Å². The summed E-state index contributed by atoms with van der Waals surface area (Å²) < 4.78 is 0. The Morgan fingerprint density at radius 1 is 1.42 bits per heavy atom. The molecule has 0 saturated carbocycles. The van der Waals surface area contributed by atoms with Gasteiger partial charge in [-0.2, -0.15) is 4.99 Å². The fourth-order valence-corrected chi connectivity index (χ4v) is 3.75. The Hall–Kier alpha value is -2.42. The summed E-state index contributed by atoms with van der Waals surface area (Å²) in [6.45, 7) is 1.79. The Bertz CT molecular complexity index is 715. The van der Waals surface area contributed by atoms with E-state index in [1.54, 1.807) is 6.07 Å². The summed E-state index contributed by atoms with van der Waals surface area (Å²) in [4.78, 5) is 40.4. The molecule has 0 bridgehead atoms. The van der Waals surface area contributed by atoms with E-state index >= 15 is 0 Å². The van der Waals surface area contributed by atoms with Gasteiger partial charge in [-0.3, -0.25) is 19.7 Å². The van der Waals surface area contributed by atoms with Gasteiger partial charge in [0.2, 0.25) is 5.91 Å². The molecule has 9 heteroatoms. The van der Waals surface area contributed by atoms with Crippen molar-refractivity contribution in [3.05, 3.63) is 34.4 Å². The van der Waals surface area contributed by atoms with Crippen LogP contribution in [0.5, 0.6) is 0 Å². The van der Waals surface area contributed by atoms with Crippen LogP contribution in [0.4, 0.5) is 11.4 Å². The number of likely N-dealkylation sites (tertiary alicyclic amines) is 1. The molecule has 0 aliphatic carbocycles. The van der Waals surface area contributed by atoms with Crippen LogP contribution in [-0.4, -0.2) is 45.1 Å². The molecular weight excluding hydrogens is 332 g/mol. The number of nitro benzene ring substituents is 1. The highest BCUT2D eigenvalue weighted by Crippen LogP contribution is 2.29. The molecule has 1 aromatic rings. The van der Waals surface area contributed by atoms with Gasteiger partial charge in [-0.1, -0.05) is 17.8 Å². The quantitative estimate of drug-likeness (QED) is 0.659. The van der Waals surface area contributed by atoms with Crippen LogP contribution in [0.15, 0.2) is 29.3 Å². The van der Waals surface area contributed by atoms with Crippen LogP contribution >= 0.6 is 11.8 Å². The summed E-state index contributed by atoms with van der Waals surface area (Å²) in [6, 6.07) is 5.70. The number of carbonyl (C=O) groups is 2. The van der Waals surface area contributed by atoms with E-state index in [4.69, 9.17) is 0 Å². The maximum Gasteiger partial charge on any atom is 0.271 e. The molecule has 1 N–H and O–H groups in total. The summed E-state index contributed by atoms with van der Waals surface area (Å²) in [5, 5.41) is 13.5. The maximum atomic E-state index is 12.1. The second kappa shape index (κ2) is 7.00. The van der Waals surface area contributed by atoms with Crippen molar-refractivity contribution < 1.29 is 14.5 Å². The summed E-state index contributed by atoms with van der Waals surface area (Å²) in [5.74, 6) is -0.657. The van der Waals surface area contributed by atoms with Crippen LogP contribution < -0.4 is 5.32 Å². The zero-order valence-electron chi connectivity index (χ0n) is 12.8. The largest absolute Gasteiger partial charge is 0.351 e. The number of non-ortho nitro benzene ring substituents is 1. The number of amides is 2. The number of carbonyl (C=O) groups excluding carboxylic acids is 2. The highest BCUT2D eigenvalue weighted by atomic mass is 32.2. The van der Waals surface area contributed by atoms with Gasteiger partial charge in [-0.15, -0.1) is 0 Å². The average Bonchev–Trinajstić information content (AvgIpc) is 3.18. The molecule has 0 spiro atoms. The number of thioether (sulfide) groups is 1. The molecule has 1 fully saturated rings. The van der Waals surface area contributed by atoms with Crippen molar-refractivity contribution in [3.63, 3.8) is 0 Å². The highest BCUT2D eigenvalue weighted by molar-refractivity contribution is 8.15. The minimum atomic E-state index is -0.528. The first kappa shape index (κ1) is 16.4. The number of anilines is 1. The molecule has 0 unspecified atom stereocenters. The Kier molecular flexibility index (Phi) is 4.79. The van der Waals surface area contributed by atoms with Crippen molar-refractivity contribution >= 4 is 40.1 Å².